The van der Waals surface area contributed by atoms with E-state index >= 15 is 0 Å². The van der Waals surface area contributed by atoms with Gasteiger partial charge in [-0.3, -0.25) is 4.90 Å². The van der Waals surface area contributed by atoms with Crippen molar-refractivity contribution < 1.29 is 0 Å². The van der Waals surface area contributed by atoms with Gasteiger partial charge in [0.05, 0.1) is 29.9 Å². The molecule has 5 heteroatoms. The lowest BCUT2D eigenvalue weighted by atomic mass is 9.97. The lowest BCUT2D eigenvalue weighted by molar-refractivity contribution is 0.211. The SMILES string of the molecule is c1ccc(CCN2CCc3[nH]cnc3[C@H]2c2cnn(-c3ccccc3)c2)cc1. The number of H-pyrrole nitrogens is 1. The van der Waals surface area contributed by atoms with Crippen LogP contribution in [0.15, 0.2) is 79.4 Å². The zero-order valence-corrected chi connectivity index (χ0v) is 15.7. The summed E-state index contributed by atoms with van der Waals surface area (Å²) in [5.74, 6) is 0. The quantitative estimate of drug-likeness (QED) is 0.582. The molecule has 140 valence electrons. The molecule has 1 atom stereocenters. The van der Waals surface area contributed by atoms with Gasteiger partial charge in [-0.15, -0.1) is 0 Å². The lowest BCUT2D eigenvalue weighted by Crippen LogP contribution is -2.37. The van der Waals surface area contributed by atoms with Crippen molar-refractivity contribution in [3.63, 3.8) is 0 Å². The number of aromatic amines is 1. The molecule has 4 aromatic rings. The van der Waals surface area contributed by atoms with E-state index in [1.807, 2.05) is 35.4 Å². The summed E-state index contributed by atoms with van der Waals surface area (Å²) in [4.78, 5) is 10.5. The normalized spacial score (nSPS) is 16.8. The maximum atomic E-state index is 4.67. The molecule has 0 amide bonds. The van der Waals surface area contributed by atoms with Crippen LogP contribution in [0.5, 0.6) is 0 Å². The number of benzene rings is 2. The van der Waals surface area contributed by atoms with Crippen LogP contribution >= 0.6 is 0 Å². The summed E-state index contributed by atoms with van der Waals surface area (Å²) < 4.78 is 1.95. The molecule has 0 saturated carbocycles. The van der Waals surface area contributed by atoms with Gasteiger partial charge in [-0.25, -0.2) is 9.67 Å². The maximum absolute atomic E-state index is 4.67. The Morgan fingerprint density at radius 1 is 1.00 bits per heavy atom. The van der Waals surface area contributed by atoms with Crippen molar-refractivity contribution in [1.29, 1.82) is 0 Å². The predicted octanol–water partition coefficient (Wildman–Crippen LogP) is 3.79. The van der Waals surface area contributed by atoms with E-state index in [4.69, 9.17) is 0 Å². The number of hydrogen-bond acceptors (Lipinski definition) is 3. The van der Waals surface area contributed by atoms with E-state index in [-0.39, 0.29) is 6.04 Å². The predicted molar refractivity (Wildman–Crippen MR) is 109 cm³/mol. The number of para-hydroxylation sites is 1. The minimum Gasteiger partial charge on any atom is -0.348 e. The first-order valence-electron chi connectivity index (χ1n) is 9.78. The third-order valence-corrected chi connectivity index (χ3v) is 5.49. The molecule has 0 spiro atoms. The second-order valence-electron chi connectivity index (χ2n) is 7.24. The van der Waals surface area contributed by atoms with Gasteiger partial charge in [0.1, 0.15) is 0 Å². The molecular weight excluding hydrogens is 346 g/mol. The molecule has 1 N–H and O–H groups in total. The number of nitrogens with zero attached hydrogens (tertiary/aromatic N) is 4. The molecule has 5 nitrogen and oxygen atoms in total. The Hall–Kier alpha value is -3.18. The summed E-state index contributed by atoms with van der Waals surface area (Å²) in [5.41, 5.74) is 6.00. The molecule has 0 unspecified atom stereocenters. The summed E-state index contributed by atoms with van der Waals surface area (Å²) >= 11 is 0. The van der Waals surface area contributed by atoms with Crippen LogP contribution in [0.3, 0.4) is 0 Å². The van der Waals surface area contributed by atoms with Gasteiger partial charge in [-0.1, -0.05) is 48.5 Å². The summed E-state index contributed by atoms with van der Waals surface area (Å²) in [6.45, 7) is 2.01. The molecular formula is C23H23N5. The molecule has 3 heterocycles. The van der Waals surface area contributed by atoms with Gasteiger partial charge in [-0.05, 0) is 24.1 Å². The van der Waals surface area contributed by atoms with E-state index < -0.39 is 0 Å². The molecule has 28 heavy (non-hydrogen) atoms. The van der Waals surface area contributed by atoms with Gasteiger partial charge < -0.3 is 4.98 Å². The molecule has 2 aromatic carbocycles. The van der Waals surface area contributed by atoms with E-state index in [2.05, 4.69) is 68.6 Å². The fourth-order valence-corrected chi connectivity index (χ4v) is 4.05. The molecule has 1 aliphatic heterocycles. The highest BCUT2D eigenvalue weighted by atomic mass is 15.3. The van der Waals surface area contributed by atoms with E-state index in [1.165, 1.54) is 16.8 Å². The summed E-state index contributed by atoms with van der Waals surface area (Å²) in [7, 11) is 0. The van der Waals surface area contributed by atoms with Crippen LogP contribution in [0.4, 0.5) is 0 Å². The number of nitrogens with one attached hydrogen (secondary N) is 1. The molecule has 0 fully saturated rings. The van der Waals surface area contributed by atoms with E-state index in [0.29, 0.717) is 0 Å². The first-order valence-corrected chi connectivity index (χ1v) is 9.78. The number of rotatable bonds is 5. The monoisotopic (exact) mass is 369 g/mol. The average molecular weight is 369 g/mol. The van der Waals surface area contributed by atoms with Gasteiger partial charge in [0.25, 0.3) is 0 Å². The van der Waals surface area contributed by atoms with Crippen molar-refractivity contribution in [2.75, 3.05) is 13.1 Å². The number of imidazole rings is 1. The van der Waals surface area contributed by atoms with Gasteiger partial charge in [0.15, 0.2) is 0 Å². The minimum absolute atomic E-state index is 0.135. The van der Waals surface area contributed by atoms with Crippen molar-refractivity contribution in [2.45, 2.75) is 18.9 Å². The smallest absolute Gasteiger partial charge is 0.0926 e. The van der Waals surface area contributed by atoms with Crippen LogP contribution in [0, 0.1) is 0 Å². The lowest BCUT2D eigenvalue weighted by Gasteiger charge is -2.34. The summed E-state index contributed by atoms with van der Waals surface area (Å²) in [6, 6.07) is 21.1. The average Bonchev–Trinajstić information content (AvgIpc) is 3.43. The highest BCUT2D eigenvalue weighted by Crippen LogP contribution is 2.33. The third kappa shape index (κ3) is 3.25. The first-order chi connectivity index (χ1) is 13.9. The van der Waals surface area contributed by atoms with Crippen LogP contribution < -0.4 is 0 Å². The Bertz CT molecular complexity index is 1040. The van der Waals surface area contributed by atoms with Crippen LogP contribution in [-0.2, 0) is 12.8 Å². The van der Waals surface area contributed by atoms with Gasteiger partial charge in [0.2, 0.25) is 0 Å². The number of hydrogen-bond donors (Lipinski definition) is 1. The topological polar surface area (TPSA) is 49.7 Å². The zero-order valence-electron chi connectivity index (χ0n) is 15.7. The highest BCUT2D eigenvalue weighted by molar-refractivity contribution is 5.35. The van der Waals surface area contributed by atoms with E-state index in [1.54, 1.807) is 0 Å². The number of fused-ring (bicyclic) bond motifs is 1. The van der Waals surface area contributed by atoms with Crippen LogP contribution in [0.1, 0.15) is 28.6 Å². The summed E-state index contributed by atoms with van der Waals surface area (Å²) in [5, 5.41) is 4.62. The van der Waals surface area contributed by atoms with Gasteiger partial charge in [-0.2, -0.15) is 5.10 Å². The van der Waals surface area contributed by atoms with Crippen LogP contribution in [-0.4, -0.2) is 37.7 Å². The van der Waals surface area contributed by atoms with Crippen molar-refractivity contribution in [2.24, 2.45) is 0 Å². The highest BCUT2D eigenvalue weighted by Gasteiger charge is 2.31. The second kappa shape index (κ2) is 7.44. The Balaban J connectivity index is 1.44. The Morgan fingerprint density at radius 3 is 2.61 bits per heavy atom. The largest absolute Gasteiger partial charge is 0.348 e. The van der Waals surface area contributed by atoms with Crippen molar-refractivity contribution in [3.8, 4) is 5.69 Å². The molecule has 0 aliphatic carbocycles. The van der Waals surface area contributed by atoms with Gasteiger partial charge in [0, 0.05) is 37.0 Å². The second-order valence-corrected chi connectivity index (χ2v) is 7.24. The summed E-state index contributed by atoms with van der Waals surface area (Å²) in [6.07, 6.45) is 7.98. The third-order valence-electron chi connectivity index (χ3n) is 5.49. The van der Waals surface area contributed by atoms with Gasteiger partial charge >= 0.3 is 0 Å². The van der Waals surface area contributed by atoms with Crippen LogP contribution in [0.25, 0.3) is 5.69 Å². The molecule has 0 bridgehead atoms. The first kappa shape index (κ1) is 17.0. The van der Waals surface area contributed by atoms with E-state index in [9.17, 15) is 0 Å². The zero-order chi connectivity index (χ0) is 18.8. The van der Waals surface area contributed by atoms with Crippen molar-refractivity contribution in [1.82, 2.24) is 24.6 Å². The molecule has 2 aromatic heterocycles. The Labute approximate surface area is 164 Å². The van der Waals surface area contributed by atoms with Crippen LogP contribution in [0.2, 0.25) is 0 Å². The molecule has 5 rings (SSSR count). The van der Waals surface area contributed by atoms with E-state index in [0.717, 1.165) is 37.3 Å². The molecule has 0 radical (unpaired) electrons. The van der Waals surface area contributed by atoms with Crippen molar-refractivity contribution >= 4 is 0 Å². The molecule has 0 saturated heterocycles. The maximum Gasteiger partial charge on any atom is 0.0926 e. The Morgan fingerprint density at radius 2 is 1.79 bits per heavy atom. The van der Waals surface area contributed by atoms with Crippen molar-refractivity contribution in [3.05, 3.63) is 102 Å². The fourth-order valence-electron chi connectivity index (χ4n) is 4.05. The Kier molecular flexibility index (Phi) is 4.51. The standard InChI is InChI=1S/C23H23N5/c1-3-7-18(8-4-1)11-13-27-14-12-21-22(25-17-24-21)23(27)19-15-26-28(16-19)20-9-5-2-6-10-20/h1-10,15-17,23H,11-14H2,(H,24,25)/t23-/m1/s1. The fraction of sp³-hybridized carbons (Fsp3) is 0.217. The minimum atomic E-state index is 0.135. The number of aromatic nitrogens is 4. The molecule has 1 aliphatic rings.